The predicted molar refractivity (Wildman–Crippen MR) is 272 cm³/mol. The van der Waals surface area contributed by atoms with Gasteiger partial charge in [0.05, 0.1) is 11.2 Å². The molecule has 3 heterocycles. The van der Waals surface area contributed by atoms with E-state index >= 15 is 0 Å². The van der Waals surface area contributed by atoms with E-state index in [9.17, 15) is 0 Å². The normalized spacial score (nSPS) is 21.4. The lowest BCUT2D eigenvalue weighted by Gasteiger charge is -2.53. The number of nitrogens with zero attached hydrogens (tertiary/aromatic N) is 2. The van der Waals surface area contributed by atoms with Gasteiger partial charge in [0.15, 0.2) is 0 Å². The molecule has 320 valence electrons. The molecule has 2 atom stereocenters. The van der Waals surface area contributed by atoms with Gasteiger partial charge in [-0.1, -0.05) is 169 Å². The molecule has 2 aliphatic carbocycles. The first-order valence-electron chi connectivity index (χ1n) is 24.0. The second kappa shape index (κ2) is 12.8. The smallest absolute Gasteiger partial charge is 0.252 e. The highest BCUT2D eigenvalue weighted by atomic mass is 15.3. The fourth-order valence-corrected chi connectivity index (χ4v) is 13.1. The summed E-state index contributed by atoms with van der Waals surface area (Å²) in [5.41, 5.74) is 26.5. The van der Waals surface area contributed by atoms with Crippen LogP contribution in [0, 0.1) is 6.92 Å². The van der Waals surface area contributed by atoms with Crippen molar-refractivity contribution in [1.29, 1.82) is 0 Å². The molecule has 1 fully saturated rings. The van der Waals surface area contributed by atoms with Crippen molar-refractivity contribution in [2.24, 2.45) is 0 Å². The van der Waals surface area contributed by atoms with Crippen molar-refractivity contribution < 1.29 is 0 Å². The number of fused-ring (bicyclic) bond motifs is 11. The van der Waals surface area contributed by atoms with E-state index in [0.29, 0.717) is 0 Å². The van der Waals surface area contributed by atoms with Crippen molar-refractivity contribution in [2.45, 2.75) is 155 Å². The topological polar surface area (TPSA) is 6.48 Å². The van der Waals surface area contributed by atoms with Gasteiger partial charge in [0.25, 0.3) is 6.71 Å². The van der Waals surface area contributed by atoms with E-state index in [-0.39, 0.29) is 39.3 Å². The first kappa shape index (κ1) is 40.7. The molecule has 0 radical (unpaired) electrons. The van der Waals surface area contributed by atoms with Crippen molar-refractivity contribution in [2.75, 3.05) is 9.80 Å². The van der Waals surface area contributed by atoms with Crippen molar-refractivity contribution >= 4 is 51.5 Å². The van der Waals surface area contributed by atoms with Gasteiger partial charge < -0.3 is 9.80 Å². The molecule has 0 amide bonds. The van der Waals surface area contributed by atoms with Crippen LogP contribution in [0.3, 0.4) is 0 Å². The second-order valence-corrected chi connectivity index (χ2v) is 24.2. The SMILES string of the molecule is Cc1cc2c3c(c1)N1c4c(cc(C(C)(C)C)cc4C4(C)CCCCC14C)B3c1c(ccc3c1C(C)(C)c1cc(C(C)(C)C)ccc1-3)N2c1ccc(C(C)(C)C)cc1-c1ccccc1. The Balaban J connectivity index is 1.30. The first-order valence-corrected chi connectivity index (χ1v) is 24.0. The Morgan fingerprint density at radius 3 is 1.83 bits per heavy atom. The molecule has 0 aromatic heterocycles. The zero-order valence-electron chi connectivity index (χ0n) is 40.6. The Morgan fingerprint density at radius 1 is 0.524 bits per heavy atom. The largest absolute Gasteiger partial charge is 0.335 e. The zero-order valence-corrected chi connectivity index (χ0v) is 40.6. The summed E-state index contributed by atoms with van der Waals surface area (Å²) in [5, 5.41) is 0. The molecule has 3 heteroatoms. The van der Waals surface area contributed by atoms with E-state index in [4.69, 9.17) is 0 Å². The maximum absolute atomic E-state index is 2.91. The van der Waals surface area contributed by atoms with Gasteiger partial charge >= 0.3 is 0 Å². The van der Waals surface area contributed by atoms with E-state index in [1.807, 2.05) is 0 Å². The molecule has 0 spiro atoms. The minimum atomic E-state index is -0.225. The van der Waals surface area contributed by atoms with Crippen LogP contribution in [0.4, 0.5) is 28.4 Å². The van der Waals surface area contributed by atoms with Crippen LogP contribution >= 0.6 is 0 Å². The van der Waals surface area contributed by atoms with Gasteiger partial charge in [-0.3, -0.25) is 0 Å². The van der Waals surface area contributed by atoms with Crippen LogP contribution in [0.5, 0.6) is 0 Å². The Bertz CT molecular complexity index is 2930. The minimum Gasteiger partial charge on any atom is -0.335 e. The molecule has 63 heavy (non-hydrogen) atoms. The molecule has 0 N–H and O–H groups in total. The van der Waals surface area contributed by atoms with Crippen molar-refractivity contribution in [3.05, 3.63) is 142 Å². The van der Waals surface area contributed by atoms with E-state index in [2.05, 4.69) is 210 Å². The highest BCUT2D eigenvalue weighted by Gasteiger charge is 2.62. The number of anilines is 5. The lowest BCUT2D eigenvalue weighted by atomic mass is 9.32. The number of benzene rings is 6. The lowest BCUT2D eigenvalue weighted by molar-refractivity contribution is 0.195. The van der Waals surface area contributed by atoms with E-state index in [1.54, 1.807) is 5.56 Å². The molecule has 3 aliphatic heterocycles. The molecule has 1 saturated carbocycles. The maximum Gasteiger partial charge on any atom is 0.252 e. The number of hydrogen-bond acceptors (Lipinski definition) is 2. The average molecular weight is 827 g/mol. The zero-order chi connectivity index (χ0) is 44.6. The van der Waals surface area contributed by atoms with E-state index in [1.165, 1.54) is 126 Å². The van der Waals surface area contributed by atoms with Crippen molar-refractivity contribution in [3.8, 4) is 22.3 Å². The molecule has 5 aliphatic rings. The molecule has 6 aromatic carbocycles. The van der Waals surface area contributed by atoms with E-state index in [0.717, 1.165) is 0 Å². The highest BCUT2D eigenvalue weighted by molar-refractivity contribution is 7.00. The number of aryl methyl sites for hydroxylation is 1. The number of hydrogen-bond donors (Lipinski definition) is 0. The third-order valence-electron chi connectivity index (χ3n) is 16.9. The Kier molecular flexibility index (Phi) is 8.30. The molecular formula is C60H67BN2. The molecule has 2 unspecified atom stereocenters. The summed E-state index contributed by atoms with van der Waals surface area (Å²) in [6.45, 7) is 34.1. The van der Waals surface area contributed by atoms with Gasteiger partial charge in [-0.2, -0.15) is 0 Å². The number of rotatable bonds is 2. The summed E-state index contributed by atoms with van der Waals surface area (Å²) < 4.78 is 0. The average Bonchev–Trinajstić information content (AvgIpc) is 3.58. The highest BCUT2D eigenvalue weighted by Crippen LogP contribution is 2.63. The maximum atomic E-state index is 2.91. The molecule has 6 aromatic rings. The van der Waals surface area contributed by atoms with Crippen LogP contribution in [-0.4, -0.2) is 12.3 Å². The molecule has 0 bridgehead atoms. The molecule has 11 rings (SSSR count). The van der Waals surface area contributed by atoms with Crippen LogP contribution in [0.1, 0.15) is 155 Å². The molecule has 0 saturated heterocycles. The van der Waals surface area contributed by atoms with Gasteiger partial charge in [-0.15, -0.1) is 0 Å². The van der Waals surface area contributed by atoms with Crippen LogP contribution in [0.2, 0.25) is 0 Å². The monoisotopic (exact) mass is 827 g/mol. The summed E-state index contributed by atoms with van der Waals surface area (Å²) >= 11 is 0. The summed E-state index contributed by atoms with van der Waals surface area (Å²) in [6.07, 6.45) is 4.96. The molecular weight excluding hydrogens is 759 g/mol. The third-order valence-corrected chi connectivity index (χ3v) is 16.9. The van der Waals surface area contributed by atoms with Crippen molar-refractivity contribution in [1.82, 2.24) is 0 Å². The van der Waals surface area contributed by atoms with Crippen LogP contribution in [-0.2, 0) is 27.1 Å². The minimum absolute atomic E-state index is 0.00200. The van der Waals surface area contributed by atoms with Crippen molar-refractivity contribution in [3.63, 3.8) is 0 Å². The second-order valence-electron chi connectivity index (χ2n) is 24.2. The quantitative estimate of drug-likeness (QED) is 0.160. The van der Waals surface area contributed by atoms with Crippen LogP contribution in [0.15, 0.2) is 103 Å². The van der Waals surface area contributed by atoms with Gasteiger partial charge in [0.2, 0.25) is 0 Å². The van der Waals surface area contributed by atoms with Gasteiger partial charge in [-0.25, -0.2) is 0 Å². The van der Waals surface area contributed by atoms with Gasteiger partial charge in [-0.05, 0) is 145 Å². The summed E-state index contributed by atoms with van der Waals surface area (Å²) in [5.74, 6) is 0. The Hall–Kier alpha value is -5.02. The Morgan fingerprint density at radius 2 is 1.13 bits per heavy atom. The summed E-state index contributed by atoms with van der Waals surface area (Å²) in [7, 11) is 0. The van der Waals surface area contributed by atoms with Crippen LogP contribution in [0.25, 0.3) is 22.3 Å². The standard InChI is InChI=1S/C60H67BN2/c1-36-30-49-52-50(31-36)63-54-45(59(13)28-18-19-29-60(59,63)14)34-40(57(8,9)10)35-46(54)61(52)53-48(27-25-42-41-24-22-39(56(5,6)7)33-44(41)58(11,12)51(42)53)62(49)47-26-23-38(55(2,3)4)32-43(47)37-20-16-15-17-21-37/h15-17,20-27,30-35H,18-19,28-29H2,1-14H3. The Labute approximate surface area is 379 Å². The first-order chi connectivity index (χ1) is 29.6. The lowest BCUT2D eigenvalue weighted by Crippen LogP contribution is -2.65. The molecule has 2 nitrogen and oxygen atoms in total. The fraction of sp³-hybridized carbons (Fsp3) is 0.400. The van der Waals surface area contributed by atoms with Gasteiger partial charge in [0.1, 0.15) is 0 Å². The third kappa shape index (κ3) is 5.44. The summed E-state index contributed by atoms with van der Waals surface area (Å²) in [6, 6.07) is 41.3. The predicted octanol–water partition coefficient (Wildman–Crippen LogP) is 14.2. The van der Waals surface area contributed by atoms with Crippen LogP contribution < -0.4 is 26.2 Å². The summed E-state index contributed by atoms with van der Waals surface area (Å²) in [4.78, 5) is 5.62. The van der Waals surface area contributed by atoms with Gasteiger partial charge in [0, 0.05) is 39.1 Å². The van der Waals surface area contributed by atoms with E-state index < -0.39 is 0 Å². The fourth-order valence-electron chi connectivity index (χ4n) is 13.1.